The Labute approximate surface area is 96.2 Å². The highest BCUT2D eigenvalue weighted by atomic mass is 16.2. The first-order chi connectivity index (χ1) is 7.37. The Bertz CT molecular complexity index is 351. The maximum Gasteiger partial charge on any atom is 0.315 e. The van der Waals surface area contributed by atoms with Gasteiger partial charge in [-0.05, 0) is 26.8 Å². The third-order valence-corrected chi connectivity index (χ3v) is 1.92. The molecule has 0 bridgehead atoms. The number of rotatable bonds is 3. The van der Waals surface area contributed by atoms with Crippen molar-refractivity contribution in [1.82, 2.24) is 20.4 Å². The number of carbonyl (C=O) groups is 1. The summed E-state index contributed by atoms with van der Waals surface area (Å²) in [6.45, 7) is 6.45. The molecule has 0 atom stereocenters. The molecule has 0 aliphatic heterocycles. The normalized spacial score (nSPS) is 11.2. The number of hydrogen-bond donors (Lipinski definition) is 2. The minimum Gasteiger partial charge on any atom is -0.338 e. The van der Waals surface area contributed by atoms with Crippen LogP contribution < -0.4 is 10.6 Å². The summed E-state index contributed by atoms with van der Waals surface area (Å²) in [5, 5.41) is 9.86. The summed E-state index contributed by atoms with van der Waals surface area (Å²) in [7, 11) is 1.88. The van der Waals surface area contributed by atoms with Crippen LogP contribution in [0.5, 0.6) is 0 Å². The molecule has 0 aliphatic rings. The van der Waals surface area contributed by atoms with Crippen molar-refractivity contribution < 1.29 is 4.79 Å². The van der Waals surface area contributed by atoms with Crippen LogP contribution in [0.25, 0.3) is 0 Å². The van der Waals surface area contributed by atoms with E-state index in [-0.39, 0.29) is 11.6 Å². The summed E-state index contributed by atoms with van der Waals surface area (Å²) in [6, 6.07) is 1.81. The predicted molar refractivity (Wildman–Crippen MR) is 63.2 cm³/mol. The Morgan fingerprint density at radius 1 is 1.50 bits per heavy atom. The smallest absolute Gasteiger partial charge is 0.315 e. The van der Waals surface area contributed by atoms with Gasteiger partial charge in [-0.2, -0.15) is 5.10 Å². The van der Waals surface area contributed by atoms with Crippen LogP contribution in [0.3, 0.4) is 0 Å². The van der Waals surface area contributed by atoms with Gasteiger partial charge in [0.1, 0.15) is 0 Å². The van der Waals surface area contributed by atoms with Gasteiger partial charge in [0.15, 0.2) is 0 Å². The van der Waals surface area contributed by atoms with E-state index < -0.39 is 0 Å². The molecule has 1 aromatic rings. The lowest BCUT2D eigenvalue weighted by Gasteiger charge is -2.20. The Balaban J connectivity index is 2.23. The first-order valence-corrected chi connectivity index (χ1v) is 5.41. The molecular formula is C11H20N4O. The second kappa shape index (κ2) is 5.01. The molecule has 0 unspecified atom stereocenters. The highest BCUT2D eigenvalue weighted by Gasteiger charge is 2.12. The van der Waals surface area contributed by atoms with E-state index in [9.17, 15) is 4.79 Å². The maximum absolute atomic E-state index is 11.4. The number of nitrogens with one attached hydrogen (secondary N) is 2. The Hall–Kier alpha value is -1.52. The molecule has 5 heteroatoms. The number of amides is 2. The highest BCUT2D eigenvalue weighted by Crippen LogP contribution is 1.98. The number of aryl methyl sites for hydroxylation is 1. The van der Waals surface area contributed by atoms with Crippen LogP contribution in [0.4, 0.5) is 4.79 Å². The Kier molecular flexibility index (Phi) is 3.93. The van der Waals surface area contributed by atoms with Crippen LogP contribution in [0.15, 0.2) is 12.3 Å². The van der Waals surface area contributed by atoms with E-state index in [1.54, 1.807) is 4.68 Å². The van der Waals surface area contributed by atoms with Crippen LogP contribution in [0.2, 0.25) is 0 Å². The lowest BCUT2D eigenvalue weighted by Crippen LogP contribution is -2.46. The summed E-state index contributed by atoms with van der Waals surface area (Å²) < 4.78 is 1.75. The number of carbonyl (C=O) groups excluding carboxylic acids is 1. The van der Waals surface area contributed by atoms with Gasteiger partial charge in [-0.3, -0.25) is 4.68 Å². The number of urea groups is 1. The third-order valence-electron chi connectivity index (χ3n) is 1.92. The zero-order valence-corrected chi connectivity index (χ0v) is 10.4. The average Bonchev–Trinajstić information content (AvgIpc) is 2.48. The fourth-order valence-corrected chi connectivity index (χ4v) is 1.29. The van der Waals surface area contributed by atoms with Crippen LogP contribution >= 0.6 is 0 Å². The molecule has 0 radical (unpaired) electrons. The molecule has 2 amide bonds. The molecule has 0 saturated carbocycles. The van der Waals surface area contributed by atoms with Crippen LogP contribution in [0.1, 0.15) is 26.5 Å². The van der Waals surface area contributed by atoms with Crippen molar-refractivity contribution in [2.75, 3.05) is 6.54 Å². The third kappa shape index (κ3) is 4.82. The summed E-state index contributed by atoms with van der Waals surface area (Å²) in [5.41, 5.74) is 0.785. The molecule has 0 spiro atoms. The highest BCUT2D eigenvalue weighted by molar-refractivity contribution is 5.74. The first kappa shape index (κ1) is 12.5. The van der Waals surface area contributed by atoms with E-state index in [4.69, 9.17) is 0 Å². The quantitative estimate of drug-likeness (QED) is 0.806. The topological polar surface area (TPSA) is 59.0 Å². The molecule has 0 aromatic carbocycles. The van der Waals surface area contributed by atoms with Gasteiger partial charge in [0.2, 0.25) is 0 Å². The standard InChI is InChI=1S/C11H20N4O/c1-11(2,3)13-10(16)12-7-5-9-6-8-15(4)14-9/h6,8H,5,7H2,1-4H3,(H2,12,13,16). The monoisotopic (exact) mass is 224 g/mol. The average molecular weight is 224 g/mol. The van der Waals surface area contributed by atoms with Gasteiger partial charge in [-0.1, -0.05) is 0 Å². The molecule has 0 aliphatic carbocycles. The molecule has 1 aromatic heterocycles. The number of nitrogens with zero attached hydrogens (tertiary/aromatic N) is 2. The summed E-state index contributed by atoms with van der Waals surface area (Å²) in [5.74, 6) is 0. The van der Waals surface area contributed by atoms with Gasteiger partial charge >= 0.3 is 6.03 Å². The van der Waals surface area contributed by atoms with Gasteiger partial charge in [0, 0.05) is 31.7 Å². The largest absolute Gasteiger partial charge is 0.338 e. The zero-order chi connectivity index (χ0) is 12.2. The van der Waals surface area contributed by atoms with E-state index in [0.717, 1.165) is 12.1 Å². The van der Waals surface area contributed by atoms with Gasteiger partial charge in [-0.25, -0.2) is 4.79 Å². The molecule has 0 fully saturated rings. The van der Waals surface area contributed by atoms with Crippen LogP contribution in [0, 0.1) is 0 Å². The number of hydrogen-bond acceptors (Lipinski definition) is 2. The minimum absolute atomic E-state index is 0.136. The van der Waals surface area contributed by atoms with E-state index in [1.807, 2.05) is 40.1 Å². The molecule has 16 heavy (non-hydrogen) atoms. The second-order valence-electron chi connectivity index (χ2n) is 4.86. The van der Waals surface area contributed by atoms with Gasteiger partial charge in [0.05, 0.1) is 5.69 Å². The van der Waals surface area contributed by atoms with Gasteiger partial charge < -0.3 is 10.6 Å². The van der Waals surface area contributed by atoms with Gasteiger partial charge in [-0.15, -0.1) is 0 Å². The van der Waals surface area contributed by atoms with Gasteiger partial charge in [0.25, 0.3) is 0 Å². The fourth-order valence-electron chi connectivity index (χ4n) is 1.29. The molecule has 0 saturated heterocycles. The summed E-state index contributed by atoms with van der Waals surface area (Å²) in [4.78, 5) is 11.4. The molecule has 5 nitrogen and oxygen atoms in total. The van der Waals surface area contributed by atoms with Crippen molar-refractivity contribution in [2.24, 2.45) is 7.05 Å². The Morgan fingerprint density at radius 2 is 2.19 bits per heavy atom. The predicted octanol–water partition coefficient (Wildman–Crippen LogP) is 1.06. The van der Waals surface area contributed by atoms with Crippen LogP contribution in [-0.2, 0) is 13.5 Å². The number of aromatic nitrogens is 2. The minimum atomic E-state index is -0.199. The second-order valence-corrected chi connectivity index (χ2v) is 4.86. The first-order valence-electron chi connectivity index (χ1n) is 5.41. The lowest BCUT2D eigenvalue weighted by atomic mass is 10.1. The van der Waals surface area contributed by atoms with Crippen molar-refractivity contribution in [3.8, 4) is 0 Å². The molecule has 2 N–H and O–H groups in total. The molecule has 1 heterocycles. The maximum atomic E-state index is 11.4. The van der Waals surface area contributed by atoms with Crippen molar-refractivity contribution in [3.05, 3.63) is 18.0 Å². The van der Waals surface area contributed by atoms with E-state index in [0.29, 0.717) is 6.54 Å². The van der Waals surface area contributed by atoms with Crippen LogP contribution in [-0.4, -0.2) is 27.9 Å². The SMILES string of the molecule is Cn1ccc(CCNC(=O)NC(C)(C)C)n1. The van der Waals surface area contributed by atoms with Crippen molar-refractivity contribution >= 4 is 6.03 Å². The Morgan fingerprint density at radius 3 is 2.69 bits per heavy atom. The van der Waals surface area contributed by atoms with Crippen molar-refractivity contribution in [3.63, 3.8) is 0 Å². The summed E-state index contributed by atoms with van der Waals surface area (Å²) in [6.07, 6.45) is 2.64. The lowest BCUT2D eigenvalue weighted by molar-refractivity contribution is 0.232. The van der Waals surface area contributed by atoms with E-state index >= 15 is 0 Å². The van der Waals surface area contributed by atoms with Crippen molar-refractivity contribution in [1.29, 1.82) is 0 Å². The molecule has 1 rings (SSSR count). The van der Waals surface area contributed by atoms with E-state index in [2.05, 4.69) is 15.7 Å². The van der Waals surface area contributed by atoms with Crippen molar-refractivity contribution in [2.45, 2.75) is 32.7 Å². The fraction of sp³-hybridized carbons (Fsp3) is 0.636. The molecular weight excluding hydrogens is 204 g/mol. The van der Waals surface area contributed by atoms with E-state index in [1.165, 1.54) is 0 Å². The molecule has 90 valence electrons. The zero-order valence-electron chi connectivity index (χ0n) is 10.4. The summed E-state index contributed by atoms with van der Waals surface area (Å²) >= 11 is 0.